The monoisotopic (exact) mass is 416 g/mol. The molecule has 0 bridgehead atoms. The van der Waals surface area contributed by atoms with Gasteiger partial charge >= 0.3 is 0 Å². The number of fused-ring (bicyclic) bond motifs is 1. The Hall–Kier alpha value is -1.97. The number of hydrogen-bond acceptors (Lipinski definition) is 7. The van der Waals surface area contributed by atoms with Gasteiger partial charge in [-0.3, -0.25) is 4.98 Å². The average Bonchev–Trinajstić information content (AvgIpc) is 2.70. The van der Waals surface area contributed by atoms with E-state index in [1.165, 1.54) is 18.0 Å². The Morgan fingerprint density at radius 3 is 2.61 bits per heavy atom. The lowest BCUT2D eigenvalue weighted by Crippen LogP contribution is -2.53. The third-order valence-corrected chi connectivity index (χ3v) is 7.60. The highest BCUT2D eigenvalue weighted by molar-refractivity contribution is 7.99. The van der Waals surface area contributed by atoms with E-state index in [1.54, 1.807) is 41.3 Å². The normalized spacial score (nSPS) is 17.6. The zero-order valence-corrected chi connectivity index (χ0v) is 16.7. The Morgan fingerprint density at radius 2 is 1.86 bits per heavy atom. The van der Waals surface area contributed by atoms with Gasteiger partial charge in [0.2, 0.25) is 15.7 Å². The van der Waals surface area contributed by atoms with E-state index in [-0.39, 0.29) is 15.5 Å². The molecule has 4 rings (SSSR count). The van der Waals surface area contributed by atoms with E-state index in [0.29, 0.717) is 24.0 Å². The summed E-state index contributed by atoms with van der Waals surface area (Å²) in [6, 6.07) is 15.4. The lowest BCUT2D eigenvalue weighted by molar-refractivity contribution is -0.250. The van der Waals surface area contributed by atoms with Crippen molar-refractivity contribution in [3.63, 3.8) is 0 Å². The topological polar surface area (TPSA) is 90.7 Å². The number of sulfone groups is 1. The van der Waals surface area contributed by atoms with Gasteiger partial charge in [-0.25, -0.2) is 13.3 Å². The predicted octanol–water partition coefficient (Wildman–Crippen LogP) is 2.25. The molecule has 1 fully saturated rings. The first-order chi connectivity index (χ1) is 13.4. The zero-order chi connectivity index (χ0) is 19.8. The van der Waals surface area contributed by atoms with Crippen LogP contribution in [0.15, 0.2) is 70.6 Å². The fourth-order valence-corrected chi connectivity index (χ4v) is 5.49. The van der Waals surface area contributed by atoms with Gasteiger partial charge in [0, 0.05) is 30.4 Å². The molecular formula is C20H20N2O4S2. The summed E-state index contributed by atoms with van der Waals surface area (Å²) < 4.78 is 25.7. The number of hydrogen-bond donors (Lipinski definition) is 2. The van der Waals surface area contributed by atoms with E-state index >= 15 is 0 Å². The highest BCUT2D eigenvalue weighted by Crippen LogP contribution is 2.28. The molecular weight excluding hydrogens is 396 g/mol. The van der Waals surface area contributed by atoms with Gasteiger partial charge in [-0.05, 0) is 23.8 Å². The highest BCUT2D eigenvalue weighted by Gasteiger charge is 2.35. The Morgan fingerprint density at radius 1 is 1.07 bits per heavy atom. The van der Waals surface area contributed by atoms with Gasteiger partial charge in [-0.1, -0.05) is 36.4 Å². The minimum Gasteiger partial charge on any atom is -0.353 e. The summed E-state index contributed by atoms with van der Waals surface area (Å²) in [5.41, 5.74) is 1.48. The number of aromatic nitrogens is 1. The quantitative estimate of drug-likeness (QED) is 0.631. The van der Waals surface area contributed by atoms with Crippen LogP contribution in [0.25, 0.3) is 10.9 Å². The lowest BCUT2D eigenvalue weighted by atomic mass is 10.1. The molecule has 2 N–H and O–H groups in total. The second-order valence-electron chi connectivity index (χ2n) is 6.72. The van der Waals surface area contributed by atoms with Crippen molar-refractivity contribution in [3.05, 3.63) is 66.4 Å². The molecule has 1 saturated heterocycles. The van der Waals surface area contributed by atoms with Crippen LogP contribution in [-0.2, 0) is 16.4 Å². The van der Waals surface area contributed by atoms with Gasteiger partial charge in [0.05, 0.1) is 21.1 Å². The smallest absolute Gasteiger partial charge is 0.234 e. The molecule has 3 aromatic rings. The fraction of sp³-hybridized carbons (Fsp3) is 0.250. The Labute approximate surface area is 167 Å². The van der Waals surface area contributed by atoms with Crippen molar-refractivity contribution in [2.45, 2.75) is 22.2 Å². The summed E-state index contributed by atoms with van der Waals surface area (Å²) in [6.07, 6.45) is 1.37. The first-order valence-corrected chi connectivity index (χ1v) is 11.5. The summed E-state index contributed by atoms with van der Waals surface area (Å²) in [6.45, 7) is 0.872. The third kappa shape index (κ3) is 3.66. The second kappa shape index (κ2) is 7.46. The molecule has 1 aromatic heterocycles. The SMILES string of the molecule is O=S(=O)(c1ccccc1)c1cnc2c(CN3CCSCC3(O)O)cccc2c1. The van der Waals surface area contributed by atoms with Crippen LogP contribution in [0.1, 0.15) is 5.56 Å². The average molecular weight is 417 g/mol. The molecule has 146 valence electrons. The number of nitrogens with zero attached hydrogens (tertiary/aromatic N) is 2. The Balaban J connectivity index is 1.71. The van der Waals surface area contributed by atoms with E-state index in [9.17, 15) is 18.6 Å². The molecule has 2 aromatic carbocycles. The van der Waals surface area contributed by atoms with Crippen LogP contribution in [-0.4, -0.2) is 52.5 Å². The van der Waals surface area contributed by atoms with Crippen molar-refractivity contribution in [1.29, 1.82) is 0 Å². The zero-order valence-electron chi connectivity index (χ0n) is 15.0. The maximum atomic E-state index is 12.8. The summed E-state index contributed by atoms with van der Waals surface area (Å²) >= 11 is 1.50. The first kappa shape index (κ1) is 19.4. The van der Waals surface area contributed by atoms with Crippen molar-refractivity contribution in [3.8, 4) is 0 Å². The van der Waals surface area contributed by atoms with Crippen LogP contribution in [0.3, 0.4) is 0 Å². The molecule has 8 heteroatoms. The summed E-state index contributed by atoms with van der Waals surface area (Å²) in [7, 11) is -3.64. The first-order valence-electron chi connectivity index (χ1n) is 8.83. The Kier molecular flexibility index (Phi) is 5.15. The number of thioether (sulfide) groups is 1. The van der Waals surface area contributed by atoms with Gasteiger partial charge in [0.25, 0.3) is 0 Å². The molecule has 1 aliphatic rings. The molecule has 0 unspecified atom stereocenters. The molecule has 0 radical (unpaired) electrons. The molecule has 0 amide bonds. The molecule has 0 saturated carbocycles. The molecule has 0 spiro atoms. The summed E-state index contributed by atoms with van der Waals surface area (Å²) in [4.78, 5) is 6.38. The van der Waals surface area contributed by atoms with Gasteiger partial charge in [0.1, 0.15) is 0 Å². The molecule has 0 atom stereocenters. The van der Waals surface area contributed by atoms with Crippen molar-refractivity contribution in [2.24, 2.45) is 0 Å². The molecule has 2 heterocycles. The molecule has 28 heavy (non-hydrogen) atoms. The minimum absolute atomic E-state index is 0.136. The van der Waals surface area contributed by atoms with Gasteiger partial charge in [-0.15, -0.1) is 0 Å². The fourth-order valence-electron chi connectivity index (χ4n) is 3.28. The molecule has 1 aliphatic heterocycles. The van der Waals surface area contributed by atoms with Crippen LogP contribution in [0.4, 0.5) is 0 Å². The largest absolute Gasteiger partial charge is 0.353 e. The van der Waals surface area contributed by atoms with Crippen LogP contribution >= 0.6 is 11.8 Å². The van der Waals surface area contributed by atoms with E-state index in [4.69, 9.17) is 0 Å². The van der Waals surface area contributed by atoms with Crippen LogP contribution in [0.2, 0.25) is 0 Å². The predicted molar refractivity (Wildman–Crippen MR) is 109 cm³/mol. The Bertz CT molecular complexity index is 1100. The molecule has 6 nitrogen and oxygen atoms in total. The van der Waals surface area contributed by atoms with Crippen LogP contribution < -0.4 is 0 Å². The van der Waals surface area contributed by atoms with Crippen LogP contribution in [0, 0.1) is 0 Å². The van der Waals surface area contributed by atoms with Gasteiger partial charge < -0.3 is 10.2 Å². The van der Waals surface area contributed by atoms with Crippen molar-refractivity contribution >= 4 is 32.5 Å². The maximum Gasteiger partial charge on any atom is 0.234 e. The maximum absolute atomic E-state index is 12.8. The van der Waals surface area contributed by atoms with E-state index in [1.807, 2.05) is 18.2 Å². The highest BCUT2D eigenvalue weighted by atomic mass is 32.2. The summed E-state index contributed by atoms with van der Waals surface area (Å²) in [5, 5.41) is 21.1. The van der Waals surface area contributed by atoms with Crippen molar-refractivity contribution in [2.75, 3.05) is 18.1 Å². The number of benzene rings is 2. The second-order valence-corrected chi connectivity index (χ2v) is 9.78. The van der Waals surface area contributed by atoms with Crippen molar-refractivity contribution < 1.29 is 18.6 Å². The third-order valence-electron chi connectivity index (χ3n) is 4.80. The van der Waals surface area contributed by atoms with Gasteiger partial charge in [-0.2, -0.15) is 11.8 Å². The number of rotatable bonds is 4. The summed E-state index contributed by atoms with van der Waals surface area (Å²) in [5.74, 6) is -0.813. The van der Waals surface area contributed by atoms with E-state index < -0.39 is 15.7 Å². The van der Waals surface area contributed by atoms with E-state index in [2.05, 4.69) is 4.98 Å². The lowest BCUT2D eigenvalue weighted by Gasteiger charge is -2.38. The number of pyridine rings is 1. The van der Waals surface area contributed by atoms with Gasteiger partial charge in [0.15, 0.2) is 0 Å². The number of aliphatic hydroxyl groups is 2. The number of para-hydroxylation sites is 1. The standard InChI is InChI=1S/C20H20N2O4S2/c23-20(24)14-27-10-9-22(20)13-16-6-4-5-15-11-18(12-21-19(15)16)28(25,26)17-7-2-1-3-8-17/h1-8,11-12,23-24H,9-10,13-14H2. The minimum atomic E-state index is -3.64. The van der Waals surface area contributed by atoms with Crippen molar-refractivity contribution in [1.82, 2.24) is 9.88 Å². The van der Waals surface area contributed by atoms with Crippen LogP contribution in [0.5, 0.6) is 0 Å². The van der Waals surface area contributed by atoms with E-state index in [0.717, 1.165) is 11.3 Å². The molecule has 0 aliphatic carbocycles.